The molecule has 0 saturated carbocycles. The lowest BCUT2D eigenvalue weighted by molar-refractivity contribution is 0.608. The van der Waals surface area contributed by atoms with Crippen molar-refractivity contribution in [3.05, 3.63) is 35.4 Å². The van der Waals surface area contributed by atoms with Crippen molar-refractivity contribution in [1.82, 2.24) is 0 Å². The van der Waals surface area contributed by atoms with Crippen molar-refractivity contribution in [3.63, 3.8) is 0 Å². The highest BCUT2D eigenvalue weighted by atomic mass is 79.9. The second kappa shape index (κ2) is 16.6. The van der Waals surface area contributed by atoms with Gasteiger partial charge in [0.1, 0.15) is 0 Å². The molecule has 0 aromatic heterocycles. The van der Waals surface area contributed by atoms with Gasteiger partial charge in [0.15, 0.2) is 0 Å². The van der Waals surface area contributed by atoms with Crippen LogP contribution in [0, 0.1) is 0 Å². The summed E-state index contributed by atoms with van der Waals surface area (Å²) in [7, 11) is 0. The molecular weight excluding hydrogens is 424 g/mol. The molecular formula is C22H36Br2. The van der Waals surface area contributed by atoms with E-state index in [2.05, 4.69) is 56.1 Å². The molecule has 0 spiro atoms. The lowest BCUT2D eigenvalue weighted by Crippen LogP contribution is -1.90. The van der Waals surface area contributed by atoms with E-state index in [-0.39, 0.29) is 0 Å². The monoisotopic (exact) mass is 458 g/mol. The Bertz CT molecular complexity index is 335. The normalized spacial score (nSPS) is 11.1. The topological polar surface area (TPSA) is 0 Å². The molecule has 0 atom stereocenters. The zero-order chi connectivity index (χ0) is 17.3. The van der Waals surface area contributed by atoms with Gasteiger partial charge < -0.3 is 0 Å². The summed E-state index contributed by atoms with van der Waals surface area (Å²) in [6.07, 6.45) is 19.0. The third-order valence-electron chi connectivity index (χ3n) is 4.72. The summed E-state index contributed by atoms with van der Waals surface area (Å²) < 4.78 is 0. The van der Waals surface area contributed by atoms with E-state index in [0.717, 1.165) is 10.7 Å². The molecule has 0 aliphatic heterocycles. The van der Waals surface area contributed by atoms with Gasteiger partial charge >= 0.3 is 0 Å². The van der Waals surface area contributed by atoms with E-state index >= 15 is 0 Å². The Kier molecular flexibility index (Phi) is 15.4. The Morgan fingerprint density at radius 3 is 1.04 bits per heavy atom. The maximum absolute atomic E-state index is 3.50. The molecule has 1 rings (SSSR count). The van der Waals surface area contributed by atoms with E-state index in [9.17, 15) is 0 Å². The summed E-state index contributed by atoms with van der Waals surface area (Å²) >= 11 is 7.00. The molecule has 0 aliphatic carbocycles. The van der Waals surface area contributed by atoms with E-state index in [4.69, 9.17) is 0 Å². The molecule has 2 heteroatoms. The number of hydrogen-bond acceptors (Lipinski definition) is 0. The summed E-state index contributed by atoms with van der Waals surface area (Å²) in [6, 6.07) is 9.43. The fourth-order valence-electron chi connectivity index (χ4n) is 3.13. The van der Waals surface area contributed by atoms with Crippen molar-refractivity contribution < 1.29 is 0 Å². The van der Waals surface area contributed by atoms with E-state index in [1.54, 1.807) is 0 Å². The van der Waals surface area contributed by atoms with Crippen LogP contribution in [0.15, 0.2) is 24.3 Å². The van der Waals surface area contributed by atoms with E-state index in [0.29, 0.717) is 0 Å². The summed E-state index contributed by atoms with van der Waals surface area (Å²) in [5.41, 5.74) is 3.04. The lowest BCUT2D eigenvalue weighted by Gasteiger charge is -2.05. The second-order valence-corrected chi connectivity index (χ2v) is 8.52. The van der Waals surface area contributed by atoms with Gasteiger partial charge in [-0.05, 0) is 49.7 Å². The Hall–Kier alpha value is 0.180. The third kappa shape index (κ3) is 12.5. The lowest BCUT2D eigenvalue weighted by atomic mass is 10.0. The SMILES string of the molecule is BrCCCCCCCCc1ccc(CCCCCCCCBr)cc1. The van der Waals surface area contributed by atoms with Gasteiger partial charge in [-0.15, -0.1) is 0 Å². The fraction of sp³-hybridized carbons (Fsp3) is 0.727. The fourth-order valence-corrected chi connectivity index (χ4v) is 3.93. The summed E-state index contributed by atoms with van der Waals surface area (Å²) in [5.74, 6) is 0. The maximum atomic E-state index is 3.50. The molecule has 0 saturated heterocycles. The molecule has 0 heterocycles. The van der Waals surface area contributed by atoms with Crippen LogP contribution in [-0.4, -0.2) is 10.7 Å². The minimum absolute atomic E-state index is 1.16. The molecule has 0 nitrogen and oxygen atoms in total. The largest absolute Gasteiger partial charge is 0.0928 e. The standard InChI is InChI=1S/C22H36Br2/c23-19-11-7-3-1-5-9-13-21-15-17-22(18-16-21)14-10-6-2-4-8-12-20-24/h15-18H,1-14,19-20H2. The van der Waals surface area contributed by atoms with Crippen LogP contribution in [0.4, 0.5) is 0 Å². The Morgan fingerprint density at radius 1 is 0.417 bits per heavy atom. The average Bonchev–Trinajstić information content (AvgIpc) is 2.61. The Balaban J connectivity index is 2.02. The maximum Gasteiger partial charge on any atom is 0.00313 e. The molecule has 0 unspecified atom stereocenters. The number of rotatable bonds is 16. The van der Waals surface area contributed by atoms with E-state index in [1.807, 2.05) is 0 Å². The van der Waals surface area contributed by atoms with Crippen LogP contribution in [0.25, 0.3) is 0 Å². The summed E-state index contributed by atoms with van der Waals surface area (Å²) in [5, 5.41) is 2.33. The third-order valence-corrected chi connectivity index (χ3v) is 5.84. The summed E-state index contributed by atoms with van der Waals surface area (Å²) in [6.45, 7) is 0. The zero-order valence-corrected chi connectivity index (χ0v) is 18.6. The van der Waals surface area contributed by atoms with Gasteiger partial charge in [-0.2, -0.15) is 0 Å². The van der Waals surface area contributed by atoms with E-state index < -0.39 is 0 Å². The van der Waals surface area contributed by atoms with Crippen LogP contribution in [-0.2, 0) is 12.8 Å². The van der Waals surface area contributed by atoms with Crippen LogP contribution in [0.2, 0.25) is 0 Å². The van der Waals surface area contributed by atoms with Gasteiger partial charge in [-0.1, -0.05) is 107 Å². The average molecular weight is 460 g/mol. The summed E-state index contributed by atoms with van der Waals surface area (Å²) in [4.78, 5) is 0. The molecule has 0 N–H and O–H groups in total. The van der Waals surface area contributed by atoms with Crippen molar-refractivity contribution in [1.29, 1.82) is 0 Å². The molecule has 0 radical (unpaired) electrons. The van der Waals surface area contributed by atoms with Gasteiger partial charge in [0, 0.05) is 10.7 Å². The molecule has 1 aromatic rings. The molecule has 24 heavy (non-hydrogen) atoms. The smallest absolute Gasteiger partial charge is 0.00313 e. The first-order valence-electron chi connectivity index (χ1n) is 10.1. The van der Waals surface area contributed by atoms with Crippen LogP contribution >= 0.6 is 31.9 Å². The van der Waals surface area contributed by atoms with Crippen molar-refractivity contribution in [2.24, 2.45) is 0 Å². The molecule has 0 aliphatic rings. The first-order chi connectivity index (χ1) is 11.9. The molecule has 1 aromatic carbocycles. The molecule has 0 amide bonds. The number of aryl methyl sites for hydroxylation is 2. The predicted molar refractivity (Wildman–Crippen MR) is 117 cm³/mol. The highest BCUT2D eigenvalue weighted by Gasteiger charge is 1.97. The quantitative estimate of drug-likeness (QED) is 0.172. The van der Waals surface area contributed by atoms with Crippen LogP contribution in [0.5, 0.6) is 0 Å². The zero-order valence-electron chi connectivity index (χ0n) is 15.4. The van der Waals surface area contributed by atoms with Crippen LogP contribution < -0.4 is 0 Å². The van der Waals surface area contributed by atoms with Gasteiger partial charge in [-0.3, -0.25) is 0 Å². The van der Waals surface area contributed by atoms with Gasteiger partial charge in [0.05, 0.1) is 0 Å². The van der Waals surface area contributed by atoms with Gasteiger partial charge in [-0.25, -0.2) is 0 Å². The van der Waals surface area contributed by atoms with Crippen LogP contribution in [0.3, 0.4) is 0 Å². The van der Waals surface area contributed by atoms with Crippen molar-refractivity contribution in [2.75, 3.05) is 10.7 Å². The van der Waals surface area contributed by atoms with Crippen LogP contribution in [0.1, 0.15) is 88.2 Å². The number of benzene rings is 1. The van der Waals surface area contributed by atoms with Gasteiger partial charge in [0.25, 0.3) is 0 Å². The number of alkyl halides is 2. The molecule has 0 fully saturated rings. The highest BCUT2D eigenvalue weighted by Crippen LogP contribution is 2.14. The Morgan fingerprint density at radius 2 is 0.708 bits per heavy atom. The molecule has 0 bridgehead atoms. The predicted octanol–water partition coefficient (Wildman–Crippen LogP) is 8.24. The van der Waals surface area contributed by atoms with Gasteiger partial charge in [0.2, 0.25) is 0 Å². The Labute approximate surface area is 167 Å². The first-order valence-corrected chi connectivity index (χ1v) is 12.3. The minimum Gasteiger partial charge on any atom is -0.0928 e. The number of halogens is 2. The van der Waals surface area contributed by atoms with Crippen molar-refractivity contribution in [2.45, 2.75) is 89.9 Å². The minimum atomic E-state index is 1.16. The number of hydrogen-bond donors (Lipinski definition) is 0. The highest BCUT2D eigenvalue weighted by molar-refractivity contribution is 9.09. The number of unbranched alkanes of at least 4 members (excludes halogenated alkanes) is 10. The first kappa shape index (κ1) is 22.2. The van der Waals surface area contributed by atoms with Crippen molar-refractivity contribution in [3.8, 4) is 0 Å². The molecule has 138 valence electrons. The van der Waals surface area contributed by atoms with E-state index in [1.165, 1.54) is 101 Å². The second-order valence-electron chi connectivity index (χ2n) is 6.94. The van der Waals surface area contributed by atoms with Crippen molar-refractivity contribution >= 4 is 31.9 Å².